The third-order valence-electron chi connectivity index (χ3n) is 1.73. The lowest BCUT2D eigenvalue weighted by atomic mass is 10.3. The van der Waals surface area contributed by atoms with E-state index in [4.69, 9.17) is 0 Å². The lowest BCUT2D eigenvalue weighted by molar-refractivity contribution is -0.318. The Hall–Kier alpha value is -0.240. The van der Waals surface area contributed by atoms with Crippen LogP contribution in [0.2, 0.25) is 0 Å². The van der Waals surface area contributed by atoms with E-state index in [9.17, 15) is 26.5 Å². The summed E-state index contributed by atoms with van der Waals surface area (Å²) in [4.78, 5) is 0. The van der Waals surface area contributed by atoms with Gasteiger partial charge in [0, 0.05) is 0 Å². The summed E-state index contributed by atoms with van der Waals surface area (Å²) >= 11 is 0. The highest BCUT2D eigenvalue weighted by Crippen LogP contribution is 2.56. The van der Waals surface area contributed by atoms with E-state index in [1.807, 2.05) is 0 Å². The van der Waals surface area contributed by atoms with Gasteiger partial charge in [0.15, 0.2) is 6.67 Å². The average Bonchev–Trinajstić information content (AvgIpc) is 2.33. The minimum Gasteiger partial charge on any atom is -0.287 e. The van der Waals surface area contributed by atoms with Crippen LogP contribution in [0.5, 0.6) is 0 Å². The molecule has 0 aromatic rings. The highest BCUT2D eigenvalue weighted by Gasteiger charge is 2.62. The molecule has 10 heteroatoms. The topological polar surface area (TPSA) is 44.8 Å². The monoisotopic (exact) mass is 314 g/mol. The summed E-state index contributed by atoms with van der Waals surface area (Å²) in [5, 5.41) is 0. The number of hydrogen-bond acceptors (Lipinski definition) is 4. The van der Waals surface area contributed by atoms with Crippen molar-refractivity contribution in [1.29, 1.82) is 0 Å². The lowest BCUT2D eigenvalue weighted by Crippen LogP contribution is -2.44. The van der Waals surface area contributed by atoms with Crippen LogP contribution < -0.4 is 0 Å². The second-order valence-corrected chi connectivity index (χ2v) is 5.15. The summed E-state index contributed by atoms with van der Waals surface area (Å²) in [5.74, 6) is -5.12. The molecule has 0 bridgehead atoms. The van der Waals surface area contributed by atoms with Gasteiger partial charge < -0.3 is 0 Å². The van der Waals surface area contributed by atoms with Crippen LogP contribution in [-0.4, -0.2) is 31.9 Å². The predicted molar refractivity (Wildman–Crippen MR) is 57.0 cm³/mol. The molecule has 0 radical (unpaired) electrons. The molecule has 0 fully saturated rings. The van der Waals surface area contributed by atoms with Crippen molar-refractivity contribution in [3.8, 4) is 0 Å². The third-order valence-corrected chi connectivity index (χ3v) is 3.18. The summed E-state index contributed by atoms with van der Waals surface area (Å²) in [6, 6.07) is 0. The fraction of sp³-hybridized carbons (Fsp3) is 1.00. The molecular weight excluding hydrogens is 298 g/mol. The van der Waals surface area contributed by atoms with Crippen LogP contribution in [0.4, 0.5) is 22.0 Å². The van der Waals surface area contributed by atoms with Crippen LogP contribution in [0.1, 0.15) is 26.7 Å². The number of phosphoric ester groups is 1. The number of halogens is 5. The Balaban J connectivity index is 4.94. The third kappa shape index (κ3) is 5.72. The Kier molecular flexibility index (Phi) is 7.42. The second kappa shape index (κ2) is 7.52. The van der Waals surface area contributed by atoms with Gasteiger partial charge in [-0.15, -0.1) is 0 Å². The van der Waals surface area contributed by atoms with Crippen molar-refractivity contribution in [3.63, 3.8) is 0 Å². The van der Waals surface area contributed by atoms with Gasteiger partial charge in [0.25, 0.3) is 0 Å². The Morgan fingerprint density at radius 1 is 1.00 bits per heavy atom. The van der Waals surface area contributed by atoms with E-state index in [-0.39, 0.29) is 26.1 Å². The van der Waals surface area contributed by atoms with Crippen LogP contribution >= 0.6 is 7.82 Å². The molecule has 0 unspecified atom stereocenters. The standard InChI is InChI=1S/C9H16F5O4P/c1-3-5-16-19(15,17-6-4-2)18-9(13,14)8(11,12)7-10/h3-7H2,1-2H3. The van der Waals surface area contributed by atoms with Gasteiger partial charge in [-0.25, -0.2) is 13.5 Å². The van der Waals surface area contributed by atoms with Gasteiger partial charge in [0.05, 0.1) is 13.2 Å². The van der Waals surface area contributed by atoms with E-state index >= 15 is 0 Å². The zero-order chi connectivity index (χ0) is 15.2. The van der Waals surface area contributed by atoms with Gasteiger partial charge >= 0.3 is 19.9 Å². The summed E-state index contributed by atoms with van der Waals surface area (Å²) in [6.45, 7) is -0.116. The fourth-order valence-corrected chi connectivity index (χ4v) is 2.19. The van der Waals surface area contributed by atoms with E-state index in [0.717, 1.165) is 0 Å². The summed E-state index contributed by atoms with van der Waals surface area (Å²) < 4.78 is 87.2. The molecule has 0 aliphatic rings. The predicted octanol–water partition coefficient (Wildman–Crippen LogP) is 4.16. The number of phosphoric acid groups is 1. The molecule has 0 aromatic carbocycles. The van der Waals surface area contributed by atoms with Crippen molar-refractivity contribution >= 4 is 7.82 Å². The molecule has 0 rings (SSSR count). The molecule has 0 saturated heterocycles. The Morgan fingerprint density at radius 2 is 1.42 bits per heavy atom. The zero-order valence-corrected chi connectivity index (χ0v) is 11.4. The van der Waals surface area contributed by atoms with E-state index in [1.54, 1.807) is 13.8 Å². The quantitative estimate of drug-likeness (QED) is 0.448. The van der Waals surface area contributed by atoms with Crippen molar-refractivity contribution in [2.24, 2.45) is 0 Å². The molecule has 0 atom stereocenters. The lowest BCUT2D eigenvalue weighted by Gasteiger charge is -2.27. The molecule has 4 nitrogen and oxygen atoms in total. The summed E-state index contributed by atoms with van der Waals surface area (Å²) in [5.41, 5.74) is 0. The SMILES string of the molecule is CCCOP(=O)(OCCC)OC(F)(F)C(F)(F)CF. The fourth-order valence-electron chi connectivity index (χ4n) is 0.781. The van der Waals surface area contributed by atoms with E-state index in [0.29, 0.717) is 0 Å². The van der Waals surface area contributed by atoms with Gasteiger partial charge in [0.2, 0.25) is 0 Å². The molecule has 0 spiro atoms. The Morgan fingerprint density at radius 3 is 1.74 bits per heavy atom. The van der Waals surface area contributed by atoms with E-state index < -0.39 is 26.5 Å². The first-order chi connectivity index (χ1) is 8.64. The van der Waals surface area contributed by atoms with Crippen LogP contribution in [0.3, 0.4) is 0 Å². The summed E-state index contributed by atoms with van der Waals surface area (Å²) in [6.07, 6.45) is -4.75. The van der Waals surface area contributed by atoms with Crippen LogP contribution in [-0.2, 0) is 18.1 Å². The van der Waals surface area contributed by atoms with Crippen LogP contribution in [0, 0.1) is 0 Å². The first kappa shape index (κ1) is 18.8. The smallest absolute Gasteiger partial charge is 0.287 e. The second-order valence-electron chi connectivity index (χ2n) is 3.56. The maximum Gasteiger partial charge on any atom is 0.479 e. The van der Waals surface area contributed by atoms with E-state index in [2.05, 4.69) is 13.6 Å². The highest BCUT2D eigenvalue weighted by molar-refractivity contribution is 7.48. The minimum atomic E-state index is -5.29. The molecule has 19 heavy (non-hydrogen) atoms. The molecule has 116 valence electrons. The van der Waals surface area contributed by atoms with Gasteiger partial charge in [-0.05, 0) is 12.8 Å². The van der Waals surface area contributed by atoms with Crippen molar-refractivity contribution in [2.75, 3.05) is 19.9 Å². The molecule has 0 aliphatic carbocycles. The van der Waals surface area contributed by atoms with Crippen molar-refractivity contribution in [3.05, 3.63) is 0 Å². The van der Waals surface area contributed by atoms with Gasteiger partial charge in [-0.3, -0.25) is 9.05 Å². The maximum atomic E-state index is 13.0. The van der Waals surface area contributed by atoms with Gasteiger partial charge in [-0.2, -0.15) is 17.6 Å². The molecule has 0 N–H and O–H groups in total. The number of hydrogen-bond donors (Lipinski definition) is 0. The Bertz CT molecular complexity index is 301. The molecule has 0 aliphatic heterocycles. The molecular formula is C9H16F5O4P. The Labute approximate surface area is 107 Å². The van der Waals surface area contributed by atoms with Crippen molar-refractivity contribution in [1.82, 2.24) is 0 Å². The maximum absolute atomic E-state index is 13.0. The molecule has 0 heterocycles. The molecule has 0 saturated carbocycles. The van der Waals surface area contributed by atoms with Crippen molar-refractivity contribution in [2.45, 2.75) is 38.7 Å². The normalized spacial score (nSPS) is 13.8. The number of rotatable bonds is 10. The first-order valence-corrected chi connectivity index (χ1v) is 7.01. The molecule has 0 aromatic heterocycles. The van der Waals surface area contributed by atoms with Crippen molar-refractivity contribution < 1.29 is 40.1 Å². The zero-order valence-electron chi connectivity index (χ0n) is 10.5. The summed E-state index contributed by atoms with van der Waals surface area (Å²) in [7, 11) is -4.88. The van der Waals surface area contributed by atoms with Gasteiger partial charge in [0.1, 0.15) is 0 Å². The van der Waals surface area contributed by atoms with Gasteiger partial charge in [-0.1, -0.05) is 13.8 Å². The average molecular weight is 314 g/mol. The first-order valence-electron chi connectivity index (χ1n) is 5.55. The molecule has 0 amide bonds. The highest BCUT2D eigenvalue weighted by atomic mass is 31.2. The minimum absolute atomic E-state index is 0.272. The van der Waals surface area contributed by atoms with Crippen LogP contribution in [0.15, 0.2) is 0 Å². The largest absolute Gasteiger partial charge is 0.479 e. The van der Waals surface area contributed by atoms with Crippen LogP contribution in [0.25, 0.3) is 0 Å². The van der Waals surface area contributed by atoms with E-state index in [1.165, 1.54) is 0 Å². The number of alkyl halides is 5.